The topological polar surface area (TPSA) is 55.1 Å². The van der Waals surface area contributed by atoms with Gasteiger partial charge < -0.3 is 9.67 Å². The van der Waals surface area contributed by atoms with Crippen molar-refractivity contribution >= 4 is 17.6 Å². The fourth-order valence-corrected chi connectivity index (χ4v) is 1.58. The number of rotatable bonds is 3. The minimum Gasteiger partial charge on any atom is -0.480 e. The lowest BCUT2D eigenvalue weighted by Gasteiger charge is -2.05. The van der Waals surface area contributed by atoms with Gasteiger partial charge in [0.2, 0.25) is 0 Å². The van der Waals surface area contributed by atoms with Crippen LogP contribution in [0.25, 0.3) is 11.3 Å². The van der Waals surface area contributed by atoms with E-state index >= 15 is 0 Å². The Labute approximate surface area is 97.1 Å². The summed E-state index contributed by atoms with van der Waals surface area (Å²) >= 11 is 5.78. The normalized spacial score (nSPS) is 10.3. The van der Waals surface area contributed by atoms with Gasteiger partial charge in [0.1, 0.15) is 6.54 Å². The zero-order valence-corrected chi connectivity index (χ0v) is 9.05. The molecule has 0 amide bonds. The predicted octanol–water partition coefficient (Wildman–Crippen LogP) is 2.29. The van der Waals surface area contributed by atoms with E-state index in [1.54, 1.807) is 22.9 Å². The molecule has 0 unspecified atom stereocenters. The molecule has 1 heterocycles. The molecule has 5 heteroatoms. The third kappa shape index (κ3) is 2.23. The van der Waals surface area contributed by atoms with Crippen molar-refractivity contribution in [1.82, 2.24) is 9.55 Å². The number of carbonyl (C=O) groups is 1. The first kappa shape index (κ1) is 10.7. The molecule has 0 bridgehead atoms. The second-order valence-corrected chi connectivity index (χ2v) is 3.74. The molecule has 2 aromatic rings. The summed E-state index contributed by atoms with van der Waals surface area (Å²) in [6, 6.07) is 7.18. The number of aliphatic carboxylic acids is 1. The second-order valence-electron chi connectivity index (χ2n) is 3.31. The molecular weight excluding hydrogens is 228 g/mol. The zero-order chi connectivity index (χ0) is 11.5. The molecule has 16 heavy (non-hydrogen) atoms. The minimum atomic E-state index is -0.895. The summed E-state index contributed by atoms with van der Waals surface area (Å²) in [5.41, 5.74) is 1.65. The van der Waals surface area contributed by atoms with Crippen molar-refractivity contribution in [3.05, 3.63) is 41.8 Å². The summed E-state index contributed by atoms with van der Waals surface area (Å²) in [5.74, 6) is -0.895. The quantitative estimate of drug-likeness (QED) is 0.890. The summed E-state index contributed by atoms with van der Waals surface area (Å²) in [7, 11) is 0. The highest BCUT2D eigenvalue weighted by Gasteiger charge is 2.07. The number of imidazole rings is 1. The molecule has 0 aliphatic carbocycles. The van der Waals surface area contributed by atoms with Gasteiger partial charge in [-0.1, -0.05) is 23.7 Å². The maximum absolute atomic E-state index is 10.6. The van der Waals surface area contributed by atoms with E-state index in [2.05, 4.69) is 4.98 Å². The number of halogens is 1. The Kier molecular flexibility index (Phi) is 2.92. The Balaban J connectivity index is 2.36. The monoisotopic (exact) mass is 236 g/mol. The number of carboxylic acid groups (broad SMARTS) is 1. The summed E-state index contributed by atoms with van der Waals surface area (Å²) in [6.07, 6.45) is 3.13. The van der Waals surface area contributed by atoms with Crippen molar-refractivity contribution in [2.24, 2.45) is 0 Å². The molecule has 0 spiro atoms. The number of carboxylic acids is 1. The van der Waals surface area contributed by atoms with Crippen molar-refractivity contribution in [1.29, 1.82) is 0 Å². The highest BCUT2D eigenvalue weighted by atomic mass is 35.5. The van der Waals surface area contributed by atoms with Gasteiger partial charge in [0.05, 0.1) is 18.2 Å². The van der Waals surface area contributed by atoms with Crippen molar-refractivity contribution in [3.8, 4) is 11.3 Å². The van der Waals surface area contributed by atoms with Gasteiger partial charge in [-0.3, -0.25) is 4.79 Å². The molecule has 0 saturated heterocycles. The van der Waals surface area contributed by atoms with Crippen LogP contribution < -0.4 is 0 Å². The Morgan fingerprint density at radius 2 is 2.06 bits per heavy atom. The van der Waals surface area contributed by atoms with Gasteiger partial charge in [-0.2, -0.15) is 0 Å². The minimum absolute atomic E-state index is 0.0992. The first-order valence-electron chi connectivity index (χ1n) is 4.64. The van der Waals surface area contributed by atoms with Crippen LogP contribution in [0.15, 0.2) is 36.8 Å². The molecule has 1 N–H and O–H groups in total. The van der Waals surface area contributed by atoms with Crippen molar-refractivity contribution in [3.63, 3.8) is 0 Å². The molecular formula is C11H9ClN2O2. The Bertz CT molecular complexity index is 505. The van der Waals surface area contributed by atoms with Crippen LogP contribution in [0.3, 0.4) is 0 Å². The van der Waals surface area contributed by atoms with Crippen LogP contribution in [0.1, 0.15) is 0 Å². The van der Waals surface area contributed by atoms with E-state index in [1.165, 1.54) is 6.33 Å². The van der Waals surface area contributed by atoms with Gasteiger partial charge in [-0.15, -0.1) is 0 Å². The van der Waals surface area contributed by atoms with Gasteiger partial charge in [-0.05, 0) is 17.7 Å². The largest absolute Gasteiger partial charge is 0.480 e. The highest BCUT2D eigenvalue weighted by Crippen LogP contribution is 2.21. The molecule has 4 nitrogen and oxygen atoms in total. The van der Waals surface area contributed by atoms with Gasteiger partial charge in [0.25, 0.3) is 0 Å². The molecule has 2 rings (SSSR count). The van der Waals surface area contributed by atoms with E-state index in [0.717, 1.165) is 11.3 Å². The SMILES string of the molecule is O=C(O)Cn1cncc1-c1ccc(Cl)cc1. The Hall–Kier alpha value is -1.81. The summed E-state index contributed by atoms with van der Waals surface area (Å²) in [5, 5.41) is 9.38. The number of hydrogen-bond donors (Lipinski definition) is 1. The Morgan fingerprint density at radius 1 is 1.38 bits per heavy atom. The zero-order valence-electron chi connectivity index (χ0n) is 8.30. The van der Waals surface area contributed by atoms with Crippen molar-refractivity contribution < 1.29 is 9.90 Å². The molecule has 0 atom stereocenters. The molecule has 0 saturated carbocycles. The third-order valence-electron chi connectivity index (χ3n) is 2.16. The van der Waals surface area contributed by atoms with E-state index in [4.69, 9.17) is 16.7 Å². The lowest BCUT2D eigenvalue weighted by Crippen LogP contribution is -2.08. The summed E-state index contributed by atoms with van der Waals surface area (Å²) in [4.78, 5) is 14.6. The van der Waals surface area contributed by atoms with Crippen LogP contribution in [-0.2, 0) is 11.3 Å². The molecule has 82 valence electrons. The average molecular weight is 237 g/mol. The summed E-state index contributed by atoms with van der Waals surface area (Å²) < 4.78 is 1.57. The number of aromatic nitrogens is 2. The van der Waals surface area contributed by atoms with E-state index in [0.29, 0.717) is 5.02 Å². The molecule has 0 radical (unpaired) electrons. The first-order chi connectivity index (χ1) is 7.66. The fraction of sp³-hybridized carbons (Fsp3) is 0.0909. The highest BCUT2D eigenvalue weighted by molar-refractivity contribution is 6.30. The Morgan fingerprint density at radius 3 is 2.69 bits per heavy atom. The van der Waals surface area contributed by atoms with E-state index < -0.39 is 5.97 Å². The van der Waals surface area contributed by atoms with Crippen molar-refractivity contribution in [2.45, 2.75) is 6.54 Å². The second kappa shape index (κ2) is 4.37. The van der Waals surface area contributed by atoms with Gasteiger partial charge in [0, 0.05) is 5.02 Å². The molecule has 0 aliphatic heterocycles. The first-order valence-corrected chi connectivity index (χ1v) is 5.02. The number of hydrogen-bond acceptors (Lipinski definition) is 2. The van der Waals surface area contributed by atoms with E-state index in [-0.39, 0.29) is 6.54 Å². The molecule has 0 fully saturated rings. The molecule has 1 aromatic heterocycles. The fourth-order valence-electron chi connectivity index (χ4n) is 1.45. The van der Waals surface area contributed by atoms with Gasteiger partial charge >= 0.3 is 5.97 Å². The lowest BCUT2D eigenvalue weighted by molar-refractivity contribution is -0.137. The number of benzene rings is 1. The van der Waals surface area contributed by atoms with Crippen LogP contribution >= 0.6 is 11.6 Å². The van der Waals surface area contributed by atoms with Crippen LogP contribution in [0.4, 0.5) is 0 Å². The van der Waals surface area contributed by atoms with Crippen LogP contribution in [0.5, 0.6) is 0 Å². The number of nitrogens with zero attached hydrogens (tertiary/aromatic N) is 2. The van der Waals surface area contributed by atoms with Crippen LogP contribution in [-0.4, -0.2) is 20.6 Å². The van der Waals surface area contributed by atoms with E-state index in [9.17, 15) is 4.79 Å². The summed E-state index contributed by atoms with van der Waals surface area (Å²) in [6.45, 7) is -0.0992. The van der Waals surface area contributed by atoms with Crippen LogP contribution in [0, 0.1) is 0 Å². The standard InChI is InChI=1S/C11H9ClN2O2/c12-9-3-1-8(2-4-9)10-5-13-7-14(10)6-11(15)16/h1-5,7H,6H2,(H,15,16). The molecule has 0 aliphatic rings. The molecule has 1 aromatic carbocycles. The van der Waals surface area contributed by atoms with Gasteiger partial charge in [0.15, 0.2) is 0 Å². The maximum atomic E-state index is 10.6. The lowest BCUT2D eigenvalue weighted by atomic mass is 10.2. The smallest absolute Gasteiger partial charge is 0.323 e. The maximum Gasteiger partial charge on any atom is 0.323 e. The van der Waals surface area contributed by atoms with Gasteiger partial charge in [-0.25, -0.2) is 4.98 Å². The average Bonchev–Trinajstić information content (AvgIpc) is 2.66. The van der Waals surface area contributed by atoms with Crippen molar-refractivity contribution in [2.75, 3.05) is 0 Å². The van der Waals surface area contributed by atoms with Crippen LogP contribution in [0.2, 0.25) is 5.02 Å². The predicted molar refractivity (Wildman–Crippen MR) is 60.3 cm³/mol. The van der Waals surface area contributed by atoms with E-state index in [1.807, 2.05) is 12.1 Å². The third-order valence-corrected chi connectivity index (χ3v) is 2.41.